The second kappa shape index (κ2) is 7.21. The molecule has 3 heterocycles. The van der Waals surface area contributed by atoms with E-state index in [1.54, 1.807) is 6.26 Å². The fourth-order valence-corrected chi connectivity index (χ4v) is 4.57. The second-order valence-electron chi connectivity index (χ2n) is 6.74. The van der Waals surface area contributed by atoms with Crippen LogP contribution in [0.15, 0.2) is 16.3 Å². The van der Waals surface area contributed by atoms with Gasteiger partial charge in [-0.15, -0.1) is 0 Å². The Labute approximate surface area is 146 Å². The van der Waals surface area contributed by atoms with E-state index < -0.39 is 11.2 Å². The molecule has 0 aromatic rings. The summed E-state index contributed by atoms with van der Waals surface area (Å²) >= 11 is 5.62. The van der Waals surface area contributed by atoms with Gasteiger partial charge in [-0.3, -0.25) is 0 Å². The summed E-state index contributed by atoms with van der Waals surface area (Å²) in [5.41, 5.74) is 0.853. The molecule has 5 nitrogen and oxygen atoms in total. The van der Waals surface area contributed by atoms with Gasteiger partial charge in [0.15, 0.2) is 11.6 Å². The number of halogens is 1. The fourth-order valence-electron chi connectivity index (χ4n) is 3.52. The van der Waals surface area contributed by atoms with E-state index in [2.05, 4.69) is 18.7 Å². The molecule has 2 fully saturated rings. The van der Waals surface area contributed by atoms with Gasteiger partial charge in [0.2, 0.25) is 0 Å². The zero-order chi connectivity index (χ0) is 16.6. The fraction of sp³-hybridized carbons (Fsp3) is 0.812. The lowest BCUT2D eigenvalue weighted by Crippen LogP contribution is -2.55. The van der Waals surface area contributed by atoms with Crippen molar-refractivity contribution < 1.29 is 14.0 Å². The van der Waals surface area contributed by atoms with E-state index in [-0.39, 0.29) is 23.4 Å². The van der Waals surface area contributed by atoms with Crippen molar-refractivity contribution in [2.24, 2.45) is 16.8 Å². The van der Waals surface area contributed by atoms with Crippen LogP contribution in [-0.4, -0.2) is 65.2 Å². The lowest BCUT2D eigenvalue weighted by molar-refractivity contribution is -0.0163. The second-order valence-corrected chi connectivity index (χ2v) is 8.63. The summed E-state index contributed by atoms with van der Waals surface area (Å²) in [6.45, 7) is 7.03. The first kappa shape index (κ1) is 17.4. The minimum atomic E-state index is -0.911. The van der Waals surface area contributed by atoms with Crippen LogP contribution in [0.3, 0.4) is 0 Å². The van der Waals surface area contributed by atoms with E-state index in [9.17, 15) is 4.55 Å². The number of hydrogen-bond donors (Lipinski definition) is 0. The summed E-state index contributed by atoms with van der Waals surface area (Å²) < 4.78 is 23.5. The van der Waals surface area contributed by atoms with Crippen LogP contribution in [0, 0.1) is 11.8 Å². The molecule has 0 radical (unpaired) electrons. The van der Waals surface area contributed by atoms with Crippen molar-refractivity contribution in [3.8, 4) is 0 Å². The van der Waals surface area contributed by atoms with Crippen molar-refractivity contribution in [3.63, 3.8) is 0 Å². The van der Waals surface area contributed by atoms with Crippen LogP contribution in [0.2, 0.25) is 0 Å². The number of nitrogens with zero attached hydrogens (tertiary/aromatic N) is 2. The Morgan fingerprint density at radius 3 is 2.91 bits per heavy atom. The normalized spacial score (nSPS) is 41.6. The maximum atomic E-state index is 11.9. The number of ether oxygens (including phenoxy) is 2. The van der Waals surface area contributed by atoms with E-state index in [4.69, 9.17) is 26.1 Å². The highest BCUT2D eigenvalue weighted by molar-refractivity contribution is 7.90. The minimum absolute atomic E-state index is 0.188. The summed E-state index contributed by atoms with van der Waals surface area (Å²) in [6, 6.07) is 0.188. The molecule has 0 bridgehead atoms. The summed E-state index contributed by atoms with van der Waals surface area (Å²) in [5.74, 6) is 2.73. The topological polar surface area (TPSA) is 57.1 Å². The monoisotopic (exact) mass is 360 g/mol. The van der Waals surface area contributed by atoms with Crippen molar-refractivity contribution in [2.75, 3.05) is 38.4 Å². The summed E-state index contributed by atoms with van der Waals surface area (Å²) in [4.78, 5) is 7.05. The SMILES string of the molecule is CC1CC(C)C(Cl)/N=C2\C(=C/1C[S+](C)[O-])OCC1COCCN21. The third-order valence-corrected chi connectivity index (χ3v) is 6.05. The molecule has 0 N–H and O–H groups in total. The van der Waals surface area contributed by atoms with E-state index >= 15 is 0 Å². The zero-order valence-electron chi connectivity index (χ0n) is 14.0. The van der Waals surface area contributed by atoms with Crippen LogP contribution < -0.4 is 0 Å². The molecule has 0 aromatic carbocycles. The molecular formula is C16H25ClN2O3S. The molecule has 2 saturated heterocycles. The van der Waals surface area contributed by atoms with E-state index in [1.165, 1.54) is 0 Å². The number of amidine groups is 1. The largest absolute Gasteiger partial charge is 0.616 e. The molecule has 3 aliphatic rings. The van der Waals surface area contributed by atoms with Crippen molar-refractivity contribution in [1.29, 1.82) is 0 Å². The predicted octanol–water partition coefficient (Wildman–Crippen LogP) is 1.99. The van der Waals surface area contributed by atoms with E-state index in [0.717, 1.165) is 30.1 Å². The number of hydrogen-bond acceptors (Lipinski definition) is 5. The Morgan fingerprint density at radius 1 is 1.39 bits per heavy atom. The first-order valence-corrected chi connectivity index (χ1v) is 10.4. The van der Waals surface area contributed by atoms with Crippen molar-refractivity contribution in [1.82, 2.24) is 4.90 Å². The quantitative estimate of drug-likeness (QED) is 0.429. The first-order valence-electron chi connectivity index (χ1n) is 8.20. The molecule has 23 heavy (non-hydrogen) atoms. The molecule has 7 heteroatoms. The maximum absolute atomic E-state index is 11.9. The standard InChI is InChI=1S/C16H25ClN2O3S/c1-10-6-11(2)15(17)18-16-14(13(10)9-23(3)20)22-8-12-7-21-5-4-19(12)16/h10-12,15H,4-9H2,1-3H3/b14-13+,18-16+. The van der Waals surface area contributed by atoms with Gasteiger partial charge in [0.05, 0.1) is 25.5 Å². The molecule has 0 saturated carbocycles. The van der Waals surface area contributed by atoms with Gasteiger partial charge in [-0.05, 0) is 18.3 Å². The maximum Gasteiger partial charge on any atom is 0.168 e. The third-order valence-electron chi connectivity index (χ3n) is 4.81. The van der Waals surface area contributed by atoms with E-state index in [0.29, 0.717) is 25.6 Å². The molecule has 130 valence electrons. The summed E-state index contributed by atoms with van der Waals surface area (Å²) in [7, 11) is 0. The average molecular weight is 361 g/mol. The highest BCUT2D eigenvalue weighted by Crippen LogP contribution is 2.34. The van der Waals surface area contributed by atoms with Crippen LogP contribution in [0.1, 0.15) is 20.3 Å². The van der Waals surface area contributed by atoms with Crippen LogP contribution in [0.25, 0.3) is 0 Å². The van der Waals surface area contributed by atoms with Crippen LogP contribution >= 0.6 is 11.6 Å². The Morgan fingerprint density at radius 2 is 2.17 bits per heavy atom. The van der Waals surface area contributed by atoms with Crippen LogP contribution in [0.5, 0.6) is 0 Å². The first-order chi connectivity index (χ1) is 11.0. The van der Waals surface area contributed by atoms with Crippen molar-refractivity contribution >= 4 is 28.6 Å². The van der Waals surface area contributed by atoms with Crippen molar-refractivity contribution in [2.45, 2.75) is 31.8 Å². The molecule has 0 aliphatic carbocycles. The van der Waals surface area contributed by atoms with Gasteiger partial charge >= 0.3 is 0 Å². The Bertz CT molecular complexity index is 512. The lowest BCUT2D eigenvalue weighted by atomic mass is 9.89. The summed E-state index contributed by atoms with van der Waals surface area (Å²) in [5, 5.41) is 0. The van der Waals surface area contributed by atoms with Crippen molar-refractivity contribution in [3.05, 3.63) is 11.3 Å². The Balaban J connectivity index is 2.04. The minimum Gasteiger partial charge on any atom is -0.616 e. The smallest absolute Gasteiger partial charge is 0.168 e. The van der Waals surface area contributed by atoms with Gasteiger partial charge in [-0.25, -0.2) is 4.99 Å². The molecule has 3 rings (SSSR count). The number of rotatable bonds is 2. The molecule has 5 atom stereocenters. The average Bonchev–Trinajstić information content (AvgIpc) is 2.52. The highest BCUT2D eigenvalue weighted by atomic mass is 35.5. The molecule has 0 amide bonds. The number of alkyl halides is 1. The van der Waals surface area contributed by atoms with Gasteiger partial charge in [-0.2, -0.15) is 0 Å². The van der Waals surface area contributed by atoms with Crippen LogP contribution in [0.4, 0.5) is 0 Å². The lowest BCUT2D eigenvalue weighted by Gasteiger charge is -2.44. The highest BCUT2D eigenvalue weighted by Gasteiger charge is 2.39. The van der Waals surface area contributed by atoms with Gasteiger partial charge in [0.1, 0.15) is 17.9 Å². The molecule has 3 aliphatic heterocycles. The number of aliphatic imine (C=N–C) groups is 1. The van der Waals surface area contributed by atoms with Gasteiger partial charge in [0, 0.05) is 12.1 Å². The van der Waals surface area contributed by atoms with Gasteiger partial charge < -0.3 is 18.9 Å². The van der Waals surface area contributed by atoms with Gasteiger partial charge in [0.25, 0.3) is 0 Å². The van der Waals surface area contributed by atoms with E-state index in [1.807, 2.05) is 0 Å². The Hall–Kier alpha value is -0.430. The summed E-state index contributed by atoms with van der Waals surface area (Å²) in [6.07, 6.45) is 2.67. The van der Waals surface area contributed by atoms with Gasteiger partial charge in [-0.1, -0.05) is 36.6 Å². The molecule has 5 unspecified atom stereocenters. The third kappa shape index (κ3) is 3.65. The Kier molecular flexibility index (Phi) is 5.46. The van der Waals surface area contributed by atoms with Crippen LogP contribution in [-0.2, 0) is 20.6 Å². The molecular weight excluding hydrogens is 336 g/mol. The predicted molar refractivity (Wildman–Crippen MR) is 93.2 cm³/mol. The number of morpholine rings is 2. The molecule has 0 spiro atoms. The zero-order valence-corrected chi connectivity index (χ0v) is 15.5. The molecule has 0 aromatic heterocycles. The number of fused-ring (bicyclic) bond motifs is 3.